The third kappa shape index (κ3) is 3.35. The number of nitrogens with one attached hydrogen (secondary N) is 1. The first-order chi connectivity index (χ1) is 12.4. The van der Waals surface area contributed by atoms with Gasteiger partial charge in [0.25, 0.3) is 21.8 Å². The van der Waals surface area contributed by atoms with Gasteiger partial charge in [-0.3, -0.25) is 4.72 Å². The van der Waals surface area contributed by atoms with E-state index in [1.54, 1.807) is 18.2 Å². The van der Waals surface area contributed by atoms with Crippen molar-refractivity contribution in [2.24, 2.45) is 0 Å². The summed E-state index contributed by atoms with van der Waals surface area (Å²) in [6.45, 7) is 0. The number of halogens is 2. The molecule has 0 saturated heterocycles. The van der Waals surface area contributed by atoms with Crippen LogP contribution in [0.2, 0.25) is 10.0 Å². The Morgan fingerprint density at radius 1 is 1.00 bits per heavy atom. The number of methoxy groups -OCH3 is 2. The van der Waals surface area contributed by atoms with Crippen LogP contribution in [0.1, 0.15) is 0 Å². The van der Waals surface area contributed by atoms with E-state index in [-0.39, 0.29) is 37.9 Å². The minimum Gasteiger partial charge on any atom is -0.477 e. The maximum absolute atomic E-state index is 12.7. The second-order valence-electron chi connectivity index (χ2n) is 5.08. The molecule has 0 bridgehead atoms. The van der Waals surface area contributed by atoms with Crippen LogP contribution in [0.25, 0.3) is 11.0 Å². The largest absolute Gasteiger partial charge is 0.477 e. The molecule has 0 aliphatic carbocycles. The molecule has 7 nitrogen and oxygen atoms in total. The summed E-state index contributed by atoms with van der Waals surface area (Å²) in [7, 11) is -1.11. The number of benzene rings is 2. The van der Waals surface area contributed by atoms with Crippen molar-refractivity contribution in [2.75, 3.05) is 18.9 Å². The molecule has 0 aliphatic rings. The number of hydrogen-bond donors (Lipinski definition) is 1. The predicted octanol–water partition coefficient (Wildman–Crippen LogP) is 3.75. The summed E-state index contributed by atoms with van der Waals surface area (Å²) in [6, 6.07) is 9.31. The average molecular weight is 414 g/mol. The van der Waals surface area contributed by atoms with Crippen LogP contribution in [-0.4, -0.2) is 32.6 Å². The first-order valence-electron chi connectivity index (χ1n) is 7.23. The molecular weight excluding hydrogens is 401 g/mol. The highest BCUT2D eigenvalue weighted by Crippen LogP contribution is 2.39. The lowest BCUT2D eigenvalue weighted by molar-refractivity contribution is 0.334. The summed E-state index contributed by atoms with van der Waals surface area (Å²) in [5, 5.41) is 0.117. The Labute approximate surface area is 159 Å². The molecule has 0 saturated carbocycles. The Kier molecular flexibility index (Phi) is 5.08. The molecule has 136 valence electrons. The van der Waals surface area contributed by atoms with Crippen molar-refractivity contribution in [3.05, 3.63) is 46.4 Å². The summed E-state index contributed by atoms with van der Waals surface area (Å²) in [6.07, 6.45) is 0. The third-order valence-corrected chi connectivity index (χ3v) is 5.62. The van der Waals surface area contributed by atoms with E-state index < -0.39 is 10.0 Å². The Morgan fingerprint density at radius 3 is 2.23 bits per heavy atom. The molecule has 3 aromatic rings. The smallest absolute Gasteiger partial charge is 0.278 e. The van der Waals surface area contributed by atoms with E-state index in [9.17, 15) is 8.42 Å². The monoisotopic (exact) mass is 413 g/mol. The normalized spacial score (nSPS) is 11.4. The van der Waals surface area contributed by atoms with Gasteiger partial charge in [-0.05, 0) is 18.2 Å². The molecular formula is C16H13Cl2N3O4S. The zero-order valence-corrected chi connectivity index (χ0v) is 16.0. The average Bonchev–Trinajstić information content (AvgIpc) is 2.65. The van der Waals surface area contributed by atoms with Crippen LogP contribution in [0.4, 0.5) is 5.69 Å². The number of rotatable bonds is 5. The lowest BCUT2D eigenvalue weighted by Gasteiger charge is -2.14. The van der Waals surface area contributed by atoms with E-state index in [1.165, 1.54) is 32.4 Å². The zero-order chi connectivity index (χ0) is 18.9. The minimum atomic E-state index is -3.91. The van der Waals surface area contributed by atoms with Gasteiger partial charge in [0.2, 0.25) is 0 Å². The Bertz CT molecular complexity index is 1080. The van der Waals surface area contributed by atoms with Crippen LogP contribution < -0.4 is 14.2 Å². The summed E-state index contributed by atoms with van der Waals surface area (Å²) in [5.74, 6) is 0.216. The van der Waals surface area contributed by atoms with Crippen LogP contribution in [0.5, 0.6) is 11.8 Å². The molecule has 0 fully saturated rings. The predicted molar refractivity (Wildman–Crippen MR) is 99.9 cm³/mol. The first kappa shape index (κ1) is 18.5. The maximum Gasteiger partial charge on any atom is 0.278 e. The SMILES string of the molecule is COc1nc2cc(Cl)c(Cl)c(NS(=O)(=O)c3ccccc3)c2nc1OC. The molecule has 3 rings (SSSR count). The zero-order valence-electron chi connectivity index (χ0n) is 13.7. The fraction of sp³-hybridized carbons (Fsp3) is 0.125. The second kappa shape index (κ2) is 7.14. The van der Waals surface area contributed by atoms with Gasteiger partial charge in [-0.25, -0.2) is 18.4 Å². The van der Waals surface area contributed by atoms with Gasteiger partial charge in [0.05, 0.1) is 40.4 Å². The van der Waals surface area contributed by atoms with Gasteiger partial charge in [0.15, 0.2) is 0 Å². The number of sulfonamides is 1. The van der Waals surface area contributed by atoms with E-state index in [1.807, 2.05) is 0 Å². The molecule has 0 amide bonds. The Balaban J connectivity index is 2.23. The quantitative estimate of drug-likeness (QED) is 0.684. The highest BCUT2D eigenvalue weighted by Gasteiger charge is 2.22. The molecule has 0 unspecified atom stereocenters. The topological polar surface area (TPSA) is 90.4 Å². The summed E-state index contributed by atoms with van der Waals surface area (Å²) < 4.78 is 38.0. The van der Waals surface area contributed by atoms with Crippen LogP contribution in [-0.2, 0) is 10.0 Å². The summed E-state index contributed by atoms with van der Waals surface area (Å²) >= 11 is 12.4. The number of nitrogens with zero attached hydrogens (tertiary/aromatic N) is 2. The second-order valence-corrected chi connectivity index (χ2v) is 7.54. The van der Waals surface area contributed by atoms with Crippen molar-refractivity contribution in [1.82, 2.24) is 9.97 Å². The summed E-state index contributed by atoms with van der Waals surface area (Å²) in [4.78, 5) is 8.57. The van der Waals surface area contributed by atoms with Crippen molar-refractivity contribution in [1.29, 1.82) is 0 Å². The van der Waals surface area contributed by atoms with Crippen LogP contribution in [0.3, 0.4) is 0 Å². The lowest BCUT2D eigenvalue weighted by atomic mass is 10.2. The molecule has 10 heteroatoms. The number of ether oxygens (including phenoxy) is 2. The molecule has 0 atom stereocenters. The fourth-order valence-corrected chi connectivity index (χ4v) is 3.81. The van der Waals surface area contributed by atoms with Gasteiger partial charge in [0, 0.05) is 0 Å². The lowest BCUT2D eigenvalue weighted by Crippen LogP contribution is -2.14. The highest BCUT2D eigenvalue weighted by molar-refractivity contribution is 7.92. The third-order valence-electron chi connectivity index (χ3n) is 3.47. The van der Waals surface area contributed by atoms with Crippen LogP contribution in [0, 0.1) is 0 Å². The number of fused-ring (bicyclic) bond motifs is 1. The van der Waals surface area contributed by atoms with Gasteiger partial charge in [0.1, 0.15) is 5.52 Å². The molecule has 2 aromatic carbocycles. The maximum atomic E-state index is 12.7. The summed E-state index contributed by atoms with van der Waals surface area (Å²) in [5.41, 5.74) is 0.478. The van der Waals surface area contributed by atoms with Gasteiger partial charge >= 0.3 is 0 Å². The van der Waals surface area contributed by atoms with E-state index in [0.29, 0.717) is 5.52 Å². The van der Waals surface area contributed by atoms with Crippen molar-refractivity contribution in [2.45, 2.75) is 4.90 Å². The van der Waals surface area contributed by atoms with E-state index in [2.05, 4.69) is 14.7 Å². The van der Waals surface area contributed by atoms with Gasteiger partial charge < -0.3 is 9.47 Å². The number of aromatic nitrogens is 2. The molecule has 0 aliphatic heterocycles. The first-order valence-corrected chi connectivity index (χ1v) is 9.47. The van der Waals surface area contributed by atoms with E-state index in [0.717, 1.165) is 0 Å². The van der Waals surface area contributed by atoms with Crippen molar-refractivity contribution < 1.29 is 17.9 Å². The van der Waals surface area contributed by atoms with Gasteiger partial charge in [-0.1, -0.05) is 41.4 Å². The van der Waals surface area contributed by atoms with Crippen LogP contribution >= 0.6 is 23.2 Å². The molecule has 1 heterocycles. The Morgan fingerprint density at radius 2 is 1.62 bits per heavy atom. The van der Waals surface area contributed by atoms with E-state index in [4.69, 9.17) is 32.7 Å². The highest BCUT2D eigenvalue weighted by atomic mass is 35.5. The standard InChI is InChI=1S/C16H13Cl2N3O4S/c1-24-15-16(25-2)20-13-11(19-15)8-10(17)12(18)14(13)21-26(22,23)9-6-4-3-5-7-9/h3-8,21H,1-2H3. The molecule has 0 spiro atoms. The number of anilines is 1. The van der Waals surface area contributed by atoms with Gasteiger partial charge in [-0.15, -0.1) is 0 Å². The van der Waals surface area contributed by atoms with Crippen LogP contribution in [0.15, 0.2) is 41.3 Å². The van der Waals surface area contributed by atoms with Crippen molar-refractivity contribution >= 4 is 49.9 Å². The van der Waals surface area contributed by atoms with E-state index >= 15 is 0 Å². The molecule has 1 aromatic heterocycles. The minimum absolute atomic E-state index is 0.000178. The van der Waals surface area contributed by atoms with Crippen molar-refractivity contribution in [3.8, 4) is 11.8 Å². The van der Waals surface area contributed by atoms with Crippen molar-refractivity contribution in [3.63, 3.8) is 0 Å². The molecule has 1 N–H and O–H groups in total. The molecule has 26 heavy (non-hydrogen) atoms. The van der Waals surface area contributed by atoms with Gasteiger partial charge in [-0.2, -0.15) is 0 Å². The fourth-order valence-electron chi connectivity index (χ4n) is 2.26. The number of hydrogen-bond acceptors (Lipinski definition) is 6. The molecule has 0 radical (unpaired) electrons. The Hall–Kier alpha value is -2.29.